The summed E-state index contributed by atoms with van der Waals surface area (Å²) in [6.07, 6.45) is -0.631. The predicted octanol–water partition coefficient (Wildman–Crippen LogP) is 4.48. The number of esters is 1. The molecule has 0 aromatic heterocycles. The monoisotopic (exact) mass is 334 g/mol. The number of hydrogen-bond donors (Lipinski definition) is 0. The summed E-state index contributed by atoms with van der Waals surface area (Å²) in [4.78, 5) is 12.3. The summed E-state index contributed by atoms with van der Waals surface area (Å²) >= 11 is 5.92. The van der Waals surface area contributed by atoms with Gasteiger partial charge in [0.25, 0.3) is 0 Å². The lowest BCUT2D eigenvalue weighted by molar-refractivity contribution is -0.106. The SMILES string of the molecule is CCOC(=O)c1cc(-c2ccc(Cl)cc2)ccc1C(OC)OC. The third kappa shape index (κ3) is 4.10. The summed E-state index contributed by atoms with van der Waals surface area (Å²) in [7, 11) is 3.05. The van der Waals surface area contributed by atoms with Crippen molar-refractivity contribution in [3.05, 3.63) is 58.6 Å². The van der Waals surface area contributed by atoms with Gasteiger partial charge in [-0.15, -0.1) is 0 Å². The number of carbonyl (C=O) groups is 1. The fraction of sp³-hybridized carbons (Fsp3) is 0.278. The number of methoxy groups -OCH3 is 2. The molecule has 0 N–H and O–H groups in total. The molecule has 4 nitrogen and oxygen atoms in total. The zero-order chi connectivity index (χ0) is 16.8. The minimum absolute atomic E-state index is 0.300. The van der Waals surface area contributed by atoms with Crippen molar-refractivity contribution in [3.8, 4) is 11.1 Å². The first-order valence-electron chi connectivity index (χ1n) is 7.23. The normalized spacial score (nSPS) is 10.8. The second-order valence-corrected chi connectivity index (χ2v) is 5.27. The van der Waals surface area contributed by atoms with E-state index in [1.165, 1.54) is 14.2 Å². The van der Waals surface area contributed by atoms with Crippen LogP contribution in [0.3, 0.4) is 0 Å². The van der Waals surface area contributed by atoms with E-state index in [1.807, 2.05) is 36.4 Å². The Morgan fingerprint density at radius 1 is 1.04 bits per heavy atom. The van der Waals surface area contributed by atoms with Gasteiger partial charge in [0.1, 0.15) is 0 Å². The van der Waals surface area contributed by atoms with E-state index < -0.39 is 12.3 Å². The van der Waals surface area contributed by atoms with Gasteiger partial charge in [0.05, 0.1) is 12.2 Å². The predicted molar refractivity (Wildman–Crippen MR) is 89.6 cm³/mol. The molecule has 0 amide bonds. The molecular formula is C18H19ClO4. The molecule has 0 bridgehead atoms. The maximum Gasteiger partial charge on any atom is 0.338 e. The molecule has 23 heavy (non-hydrogen) atoms. The number of halogens is 1. The van der Waals surface area contributed by atoms with Gasteiger partial charge >= 0.3 is 5.97 Å². The van der Waals surface area contributed by atoms with Gasteiger partial charge in [0, 0.05) is 24.8 Å². The molecule has 2 aromatic carbocycles. The zero-order valence-electron chi connectivity index (χ0n) is 13.3. The summed E-state index contributed by atoms with van der Waals surface area (Å²) in [5.41, 5.74) is 2.90. The Labute approximate surface area is 140 Å². The Hall–Kier alpha value is -1.88. The lowest BCUT2D eigenvalue weighted by atomic mass is 9.98. The summed E-state index contributed by atoms with van der Waals surface area (Å²) in [5.74, 6) is -0.405. The number of carbonyl (C=O) groups excluding carboxylic acids is 1. The molecular weight excluding hydrogens is 316 g/mol. The van der Waals surface area contributed by atoms with Gasteiger partial charge in [-0.2, -0.15) is 0 Å². The van der Waals surface area contributed by atoms with Crippen molar-refractivity contribution in [1.29, 1.82) is 0 Å². The van der Waals surface area contributed by atoms with Crippen molar-refractivity contribution in [3.63, 3.8) is 0 Å². The molecule has 2 rings (SSSR count). The number of ether oxygens (including phenoxy) is 3. The van der Waals surface area contributed by atoms with Crippen LogP contribution in [0.2, 0.25) is 5.02 Å². The van der Waals surface area contributed by atoms with Gasteiger partial charge in [-0.1, -0.05) is 35.9 Å². The lowest BCUT2D eigenvalue weighted by Gasteiger charge is -2.18. The third-order valence-electron chi connectivity index (χ3n) is 3.41. The topological polar surface area (TPSA) is 44.8 Å². The fourth-order valence-electron chi connectivity index (χ4n) is 2.32. The van der Waals surface area contributed by atoms with Gasteiger partial charge in [-0.3, -0.25) is 0 Å². The highest BCUT2D eigenvalue weighted by Crippen LogP contribution is 2.29. The largest absolute Gasteiger partial charge is 0.462 e. The van der Waals surface area contributed by atoms with Crippen LogP contribution in [0.1, 0.15) is 29.1 Å². The summed E-state index contributed by atoms with van der Waals surface area (Å²) in [6, 6.07) is 12.9. The molecule has 0 fully saturated rings. The minimum Gasteiger partial charge on any atom is -0.462 e. The van der Waals surface area contributed by atoms with Gasteiger partial charge in [-0.25, -0.2) is 4.79 Å². The van der Waals surface area contributed by atoms with Crippen LogP contribution in [0.25, 0.3) is 11.1 Å². The van der Waals surface area contributed by atoms with E-state index in [2.05, 4.69) is 0 Å². The molecule has 0 radical (unpaired) electrons. The molecule has 0 spiro atoms. The lowest BCUT2D eigenvalue weighted by Crippen LogP contribution is -2.13. The Bertz CT molecular complexity index is 663. The molecule has 0 aliphatic rings. The van der Waals surface area contributed by atoms with Gasteiger partial charge in [-0.05, 0) is 36.2 Å². The summed E-state index contributed by atoms with van der Waals surface area (Å²) < 4.78 is 15.7. The summed E-state index contributed by atoms with van der Waals surface area (Å²) in [6.45, 7) is 2.07. The Kier molecular flexibility index (Phi) is 6.16. The van der Waals surface area contributed by atoms with E-state index in [1.54, 1.807) is 13.0 Å². The van der Waals surface area contributed by atoms with Crippen LogP contribution in [0, 0.1) is 0 Å². The molecule has 0 aliphatic heterocycles. The molecule has 0 unspecified atom stereocenters. The number of hydrogen-bond acceptors (Lipinski definition) is 4. The molecule has 0 heterocycles. The van der Waals surface area contributed by atoms with Crippen molar-refractivity contribution in [2.24, 2.45) is 0 Å². The fourth-order valence-corrected chi connectivity index (χ4v) is 2.45. The van der Waals surface area contributed by atoms with Crippen LogP contribution in [0.5, 0.6) is 0 Å². The average Bonchev–Trinajstić information content (AvgIpc) is 2.57. The van der Waals surface area contributed by atoms with E-state index in [-0.39, 0.29) is 0 Å². The van der Waals surface area contributed by atoms with Gasteiger partial charge in [0.15, 0.2) is 6.29 Å². The second-order valence-electron chi connectivity index (χ2n) is 4.83. The van der Waals surface area contributed by atoms with Crippen molar-refractivity contribution in [1.82, 2.24) is 0 Å². The highest BCUT2D eigenvalue weighted by Gasteiger charge is 2.20. The van der Waals surface area contributed by atoms with E-state index in [0.717, 1.165) is 11.1 Å². The molecule has 0 saturated carbocycles. The highest BCUT2D eigenvalue weighted by atomic mass is 35.5. The molecule has 5 heteroatoms. The van der Waals surface area contributed by atoms with Crippen molar-refractivity contribution >= 4 is 17.6 Å². The van der Waals surface area contributed by atoms with E-state index >= 15 is 0 Å². The standard InChI is InChI=1S/C18H19ClO4/c1-4-23-17(20)16-11-13(12-5-8-14(19)9-6-12)7-10-15(16)18(21-2)22-3/h5-11,18H,4H2,1-3H3. The minimum atomic E-state index is -0.631. The van der Waals surface area contributed by atoms with Gasteiger partial charge in [0.2, 0.25) is 0 Å². The van der Waals surface area contributed by atoms with Crippen LogP contribution < -0.4 is 0 Å². The third-order valence-corrected chi connectivity index (χ3v) is 3.66. The Morgan fingerprint density at radius 2 is 1.65 bits per heavy atom. The van der Waals surface area contributed by atoms with Crippen molar-refractivity contribution in [2.45, 2.75) is 13.2 Å². The quantitative estimate of drug-likeness (QED) is 0.577. The van der Waals surface area contributed by atoms with E-state index in [0.29, 0.717) is 22.8 Å². The molecule has 0 aliphatic carbocycles. The molecule has 2 aromatic rings. The maximum atomic E-state index is 12.3. The Morgan fingerprint density at radius 3 is 2.22 bits per heavy atom. The first-order chi connectivity index (χ1) is 11.1. The average molecular weight is 335 g/mol. The van der Waals surface area contributed by atoms with Crippen molar-refractivity contribution in [2.75, 3.05) is 20.8 Å². The maximum absolute atomic E-state index is 12.3. The number of rotatable bonds is 6. The Balaban J connectivity index is 2.50. The van der Waals surface area contributed by atoms with Crippen molar-refractivity contribution < 1.29 is 19.0 Å². The number of benzene rings is 2. The van der Waals surface area contributed by atoms with E-state index in [9.17, 15) is 4.79 Å². The van der Waals surface area contributed by atoms with Crippen LogP contribution >= 0.6 is 11.6 Å². The second kappa shape index (κ2) is 8.11. The summed E-state index contributed by atoms with van der Waals surface area (Å²) in [5, 5.41) is 0.662. The van der Waals surface area contributed by atoms with Crippen LogP contribution in [0.15, 0.2) is 42.5 Å². The van der Waals surface area contributed by atoms with Crippen LogP contribution in [-0.4, -0.2) is 26.8 Å². The van der Waals surface area contributed by atoms with Crippen LogP contribution in [0.4, 0.5) is 0 Å². The first-order valence-corrected chi connectivity index (χ1v) is 7.61. The molecule has 0 atom stereocenters. The van der Waals surface area contributed by atoms with Crippen LogP contribution in [-0.2, 0) is 14.2 Å². The van der Waals surface area contributed by atoms with E-state index in [4.69, 9.17) is 25.8 Å². The van der Waals surface area contributed by atoms with Gasteiger partial charge < -0.3 is 14.2 Å². The molecule has 122 valence electrons. The molecule has 0 saturated heterocycles. The zero-order valence-corrected chi connectivity index (χ0v) is 14.1. The smallest absolute Gasteiger partial charge is 0.338 e. The first kappa shape index (κ1) is 17.5. The highest BCUT2D eigenvalue weighted by molar-refractivity contribution is 6.30.